The molecule has 3 aromatic carbocycles. The van der Waals surface area contributed by atoms with Crippen molar-refractivity contribution in [2.75, 3.05) is 6.54 Å². The molecule has 5 rings (SSSR count). The third kappa shape index (κ3) is 4.15. The van der Waals surface area contributed by atoms with Gasteiger partial charge in [0.25, 0.3) is 10.0 Å². The van der Waals surface area contributed by atoms with Crippen LogP contribution in [0.3, 0.4) is 0 Å². The number of carbonyl (C=O) groups excluding carboxylic acids is 1. The van der Waals surface area contributed by atoms with Gasteiger partial charge >= 0.3 is 0 Å². The average molecular weight is 513 g/mol. The van der Waals surface area contributed by atoms with Crippen LogP contribution in [0.25, 0.3) is 10.8 Å². The lowest BCUT2D eigenvalue weighted by Crippen LogP contribution is -2.43. The first-order chi connectivity index (χ1) is 16.7. The van der Waals surface area contributed by atoms with E-state index in [9.17, 15) is 21.6 Å². The monoisotopic (exact) mass is 512 g/mol. The molecule has 0 aromatic heterocycles. The van der Waals surface area contributed by atoms with E-state index in [1.807, 2.05) is 37.3 Å². The first-order valence-electron chi connectivity index (χ1n) is 11.8. The Balaban J connectivity index is 1.51. The molecule has 0 spiro atoms. The molecule has 2 fully saturated rings. The van der Waals surface area contributed by atoms with Crippen LogP contribution >= 0.6 is 0 Å². The number of nitrogens with zero attached hydrogens (tertiary/aromatic N) is 2. The van der Waals surface area contributed by atoms with Crippen molar-refractivity contribution in [2.24, 2.45) is 5.92 Å². The fraction of sp³-hybridized carbons (Fsp3) is 0.346. The van der Waals surface area contributed by atoms with Gasteiger partial charge in [0.15, 0.2) is 0 Å². The highest BCUT2D eigenvalue weighted by Crippen LogP contribution is 2.43. The summed E-state index contributed by atoms with van der Waals surface area (Å²) in [5.74, 6) is -1.37. The van der Waals surface area contributed by atoms with Crippen LogP contribution in [0.15, 0.2) is 77.7 Å². The molecule has 3 atom stereocenters. The van der Waals surface area contributed by atoms with Crippen LogP contribution in [0.4, 0.5) is 0 Å². The normalized spacial score (nSPS) is 23.2. The quantitative estimate of drug-likeness (QED) is 0.481. The van der Waals surface area contributed by atoms with E-state index in [0.29, 0.717) is 18.4 Å². The number of amides is 1. The largest absolute Gasteiger partial charge is 0.273 e. The molecule has 0 saturated carbocycles. The van der Waals surface area contributed by atoms with Gasteiger partial charge in [0, 0.05) is 6.54 Å². The van der Waals surface area contributed by atoms with Gasteiger partial charge in [-0.1, -0.05) is 74.0 Å². The van der Waals surface area contributed by atoms with Crippen molar-refractivity contribution in [2.45, 2.75) is 48.9 Å². The number of hydrogen-bond acceptors (Lipinski definition) is 5. The minimum absolute atomic E-state index is 0.0473. The number of carbonyl (C=O) groups is 1. The van der Waals surface area contributed by atoms with Gasteiger partial charge in [0.05, 0.1) is 28.6 Å². The van der Waals surface area contributed by atoms with Crippen LogP contribution in [-0.2, 0) is 30.6 Å². The molecule has 2 aliphatic heterocycles. The summed E-state index contributed by atoms with van der Waals surface area (Å²) < 4.78 is 56.7. The van der Waals surface area contributed by atoms with Crippen LogP contribution in [-0.4, -0.2) is 50.0 Å². The van der Waals surface area contributed by atoms with E-state index in [1.54, 1.807) is 36.4 Å². The smallest absolute Gasteiger partial charge is 0.266 e. The standard InChI is InChI=1S/C26H28N2O5S2/c1-2-8-23-25-24(15-16-27(25)34(30,31)18-19-9-4-3-5-10-19)28(26(23)29)35(32,33)22-14-13-20-11-6-7-12-21(20)17-22/h3-7,9-14,17,23-25H,2,8,15-16,18H2,1H3. The SMILES string of the molecule is CCCC1C(=O)N(S(=O)(=O)c2ccc3ccccc3c2)C2CCN(S(=O)(=O)Cc3ccccc3)C12. The van der Waals surface area contributed by atoms with Crippen LogP contribution in [0.1, 0.15) is 31.7 Å². The van der Waals surface area contributed by atoms with E-state index >= 15 is 0 Å². The lowest BCUT2D eigenvalue weighted by Gasteiger charge is -2.27. The number of rotatable bonds is 7. The maximum atomic E-state index is 13.8. The molecule has 184 valence electrons. The zero-order valence-electron chi connectivity index (χ0n) is 19.4. The molecular formula is C26H28N2O5S2. The molecule has 3 unspecified atom stereocenters. The average Bonchev–Trinajstić information content (AvgIpc) is 3.38. The van der Waals surface area contributed by atoms with Crippen molar-refractivity contribution >= 4 is 36.7 Å². The van der Waals surface area contributed by atoms with E-state index in [-0.39, 0.29) is 23.6 Å². The molecule has 2 heterocycles. The lowest BCUT2D eigenvalue weighted by atomic mass is 9.95. The Bertz CT molecular complexity index is 1470. The predicted molar refractivity (Wildman–Crippen MR) is 134 cm³/mol. The topological polar surface area (TPSA) is 91.8 Å². The van der Waals surface area contributed by atoms with E-state index in [0.717, 1.165) is 15.1 Å². The summed E-state index contributed by atoms with van der Waals surface area (Å²) in [7, 11) is -7.89. The summed E-state index contributed by atoms with van der Waals surface area (Å²) in [6.07, 6.45) is 1.37. The van der Waals surface area contributed by atoms with Crippen LogP contribution < -0.4 is 0 Å². The van der Waals surface area contributed by atoms with Gasteiger partial charge in [0.2, 0.25) is 15.9 Å². The molecule has 1 amide bonds. The second-order valence-corrected chi connectivity index (χ2v) is 13.0. The second kappa shape index (κ2) is 9.04. The summed E-state index contributed by atoms with van der Waals surface area (Å²) in [6.45, 7) is 2.11. The van der Waals surface area contributed by atoms with E-state index in [2.05, 4.69) is 0 Å². The van der Waals surface area contributed by atoms with Crippen LogP contribution in [0.5, 0.6) is 0 Å². The molecule has 7 nitrogen and oxygen atoms in total. The third-order valence-corrected chi connectivity index (χ3v) is 10.7. The number of fused-ring (bicyclic) bond motifs is 2. The predicted octanol–water partition coefficient (Wildman–Crippen LogP) is 3.76. The number of hydrogen-bond donors (Lipinski definition) is 0. The number of benzene rings is 3. The zero-order chi connectivity index (χ0) is 24.8. The van der Waals surface area contributed by atoms with Gasteiger partial charge in [-0.2, -0.15) is 4.31 Å². The summed E-state index contributed by atoms with van der Waals surface area (Å²) in [4.78, 5) is 13.6. The highest BCUT2D eigenvalue weighted by Gasteiger charge is 2.59. The zero-order valence-corrected chi connectivity index (χ0v) is 21.1. The van der Waals surface area contributed by atoms with Gasteiger partial charge in [-0.3, -0.25) is 4.79 Å². The Hall–Kier alpha value is -2.75. The fourth-order valence-electron chi connectivity index (χ4n) is 5.50. The summed E-state index contributed by atoms with van der Waals surface area (Å²) >= 11 is 0. The molecule has 0 aliphatic carbocycles. The summed E-state index contributed by atoms with van der Waals surface area (Å²) in [5, 5.41) is 1.67. The first kappa shape index (κ1) is 24.0. The minimum atomic E-state index is -4.15. The van der Waals surface area contributed by atoms with Gasteiger partial charge < -0.3 is 0 Å². The van der Waals surface area contributed by atoms with Crippen molar-refractivity contribution in [3.8, 4) is 0 Å². The van der Waals surface area contributed by atoms with Gasteiger partial charge in [0.1, 0.15) is 0 Å². The summed E-state index contributed by atoms with van der Waals surface area (Å²) in [6, 6.07) is 19.8. The summed E-state index contributed by atoms with van der Waals surface area (Å²) in [5.41, 5.74) is 0.660. The molecular weight excluding hydrogens is 484 g/mol. The molecule has 0 N–H and O–H groups in total. The first-order valence-corrected chi connectivity index (χ1v) is 14.9. The van der Waals surface area contributed by atoms with Crippen molar-refractivity contribution in [3.05, 3.63) is 78.4 Å². The minimum Gasteiger partial charge on any atom is -0.273 e. The van der Waals surface area contributed by atoms with Gasteiger partial charge in [-0.05, 0) is 41.3 Å². The maximum Gasteiger partial charge on any atom is 0.266 e. The Morgan fingerprint density at radius 2 is 1.57 bits per heavy atom. The Morgan fingerprint density at radius 3 is 2.29 bits per heavy atom. The Kier molecular flexibility index (Phi) is 6.19. The Labute approximate surface area is 206 Å². The lowest BCUT2D eigenvalue weighted by molar-refractivity contribution is -0.128. The van der Waals surface area contributed by atoms with Crippen molar-refractivity contribution < 1.29 is 21.6 Å². The highest BCUT2D eigenvalue weighted by atomic mass is 32.2. The van der Waals surface area contributed by atoms with E-state index in [1.165, 1.54) is 10.4 Å². The molecule has 9 heteroatoms. The van der Waals surface area contributed by atoms with Gasteiger partial charge in [-0.15, -0.1) is 0 Å². The highest BCUT2D eigenvalue weighted by molar-refractivity contribution is 7.89. The van der Waals surface area contributed by atoms with Crippen LogP contribution in [0, 0.1) is 5.92 Å². The molecule has 0 radical (unpaired) electrons. The van der Waals surface area contributed by atoms with E-state index < -0.39 is 44.0 Å². The Morgan fingerprint density at radius 1 is 0.886 bits per heavy atom. The molecule has 2 aliphatic rings. The van der Waals surface area contributed by atoms with Crippen LogP contribution in [0.2, 0.25) is 0 Å². The van der Waals surface area contributed by atoms with Crippen molar-refractivity contribution in [1.82, 2.24) is 8.61 Å². The van der Waals surface area contributed by atoms with Crippen molar-refractivity contribution in [3.63, 3.8) is 0 Å². The molecule has 0 bridgehead atoms. The maximum absolute atomic E-state index is 13.8. The third-order valence-electron chi connectivity index (χ3n) is 7.05. The fourth-order valence-corrected chi connectivity index (χ4v) is 9.03. The molecule has 2 saturated heterocycles. The number of sulfonamides is 2. The molecule has 3 aromatic rings. The van der Waals surface area contributed by atoms with Crippen molar-refractivity contribution in [1.29, 1.82) is 0 Å². The molecule has 35 heavy (non-hydrogen) atoms. The van der Waals surface area contributed by atoms with E-state index in [4.69, 9.17) is 0 Å². The van der Waals surface area contributed by atoms with Gasteiger partial charge in [-0.25, -0.2) is 21.1 Å². The second-order valence-electron chi connectivity index (χ2n) is 9.24.